The van der Waals surface area contributed by atoms with E-state index in [2.05, 4.69) is 0 Å². The van der Waals surface area contributed by atoms with Crippen molar-refractivity contribution in [2.45, 2.75) is 44.9 Å². The molecule has 1 rings (SSSR count). The topological polar surface area (TPSA) is 58.9 Å². The van der Waals surface area contributed by atoms with E-state index in [0.717, 1.165) is 0 Å². The van der Waals surface area contributed by atoms with Crippen LogP contribution in [0.1, 0.15) is 20.3 Å². The minimum atomic E-state index is -0.800. The van der Waals surface area contributed by atoms with Gasteiger partial charge in [-0.05, 0) is 6.42 Å². The lowest BCUT2D eigenvalue weighted by Crippen LogP contribution is -2.53. The van der Waals surface area contributed by atoms with Gasteiger partial charge in [-0.2, -0.15) is 0 Å². The van der Waals surface area contributed by atoms with Crippen LogP contribution in [0, 0.1) is 5.92 Å². The number of hydrogen-bond acceptors (Lipinski definition) is 4. The summed E-state index contributed by atoms with van der Waals surface area (Å²) in [4.78, 5) is 0. The van der Waals surface area contributed by atoms with Crippen molar-refractivity contribution in [3.05, 3.63) is 0 Å². The highest BCUT2D eigenvalue weighted by molar-refractivity contribution is 4.86. The normalized spacial score (nSPS) is 46.4. The quantitative estimate of drug-likeness (QED) is 0.649. The van der Waals surface area contributed by atoms with Crippen LogP contribution in [0.5, 0.6) is 0 Å². The molecule has 1 fully saturated rings. The average Bonchev–Trinajstić information content (AvgIpc) is 2.15. The maximum absolute atomic E-state index is 9.64. The Kier molecular flexibility index (Phi) is 3.67. The Morgan fingerprint density at radius 3 is 2.38 bits per heavy atom. The lowest BCUT2D eigenvalue weighted by Gasteiger charge is -2.40. The van der Waals surface area contributed by atoms with E-state index in [1.807, 2.05) is 6.92 Å². The van der Waals surface area contributed by atoms with Crippen molar-refractivity contribution >= 4 is 0 Å². The van der Waals surface area contributed by atoms with Crippen molar-refractivity contribution in [1.29, 1.82) is 0 Å². The van der Waals surface area contributed by atoms with Crippen LogP contribution >= 0.6 is 0 Å². The fraction of sp³-hybridized carbons (Fsp3) is 1.00. The molecule has 13 heavy (non-hydrogen) atoms. The molecule has 0 aromatic heterocycles. The van der Waals surface area contributed by atoms with Gasteiger partial charge in [-0.15, -0.1) is 0 Å². The number of methoxy groups -OCH3 is 1. The molecule has 1 saturated heterocycles. The van der Waals surface area contributed by atoms with Crippen LogP contribution in [-0.4, -0.2) is 41.9 Å². The zero-order chi connectivity index (χ0) is 10.0. The van der Waals surface area contributed by atoms with Gasteiger partial charge in [0, 0.05) is 13.0 Å². The second-order valence-corrected chi connectivity index (χ2v) is 3.53. The Balaban J connectivity index is 2.66. The van der Waals surface area contributed by atoms with Gasteiger partial charge >= 0.3 is 0 Å². The highest BCUT2D eigenvalue weighted by atomic mass is 16.7. The first-order valence-electron chi connectivity index (χ1n) is 4.66. The standard InChI is InChI=1S/C9H18O4/c1-4-6-8(11)7(10)5(2)9(12-3)13-6/h5-11H,4H2,1-3H3. The predicted octanol–water partition coefficient (Wildman–Crippen LogP) is 0.126. The van der Waals surface area contributed by atoms with Crippen LogP contribution in [0.3, 0.4) is 0 Å². The van der Waals surface area contributed by atoms with E-state index in [-0.39, 0.29) is 12.0 Å². The largest absolute Gasteiger partial charge is 0.390 e. The minimum absolute atomic E-state index is 0.192. The van der Waals surface area contributed by atoms with Crippen molar-refractivity contribution in [1.82, 2.24) is 0 Å². The van der Waals surface area contributed by atoms with Gasteiger partial charge in [-0.3, -0.25) is 0 Å². The third kappa shape index (κ3) is 2.02. The zero-order valence-electron chi connectivity index (χ0n) is 8.30. The van der Waals surface area contributed by atoms with Gasteiger partial charge in [0.05, 0.1) is 12.2 Å². The molecule has 0 bridgehead atoms. The highest BCUT2D eigenvalue weighted by Crippen LogP contribution is 2.27. The van der Waals surface area contributed by atoms with Gasteiger partial charge in [0.15, 0.2) is 6.29 Å². The molecule has 0 amide bonds. The van der Waals surface area contributed by atoms with Gasteiger partial charge in [-0.1, -0.05) is 13.8 Å². The van der Waals surface area contributed by atoms with Crippen molar-refractivity contribution in [2.75, 3.05) is 7.11 Å². The Bertz CT molecular complexity index is 142. The van der Waals surface area contributed by atoms with Gasteiger partial charge < -0.3 is 19.7 Å². The van der Waals surface area contributed by atoms with Gasteiger partial charge in [0.2, 0.25) is 0 Å². The van der Waals surface area contributed by atoms with Crippen LogP contribution < -0.4 is 0 Å². The minimum Gasteiger partial charge on any atom is -0.390 e. The van der Waals surface area contributed by atoms with Crippen LogP contribution in [0.15, 0.2) is 0 Å². The smallest absolute Gasteiger partial charge is 0.162 e. The second-order valence-electron chi connectivity index (χ2n) is 3.53. The van der Waals surface area contributed by atoms with Crippen molar-refractivity contribution in [3.63, 3.8) is 0 Å². The summed E-state index contributed by atoms with van der Waals surface area (Å²) in [6, 6.07) is 0. The lowest BCUT2D eigenvalue weighted by atomic mass is 9.91. The van der Waals surface area contributed by atoms with Crippen molar-refractivity contribution < 1.29 is 19.7 Å². The first-order chi connectivity index (χ1) is 6.11. The Hall–Kier alpha value is -0.160. The molecule has 1 aliphatic heterocycles. The van der Waals surface area contributed by atoms with E-state index in [0.29, 0.717) is 6.42 Å². The van der Waals surface area contributed by atoms with E-state index < -0.39 is 18.5 Å². The first kappa shape index (κ1) is 10.9. The summed E-state index contributed by atoms with van der Waals surface area (Å²) in [6.07, 6.45) is -1.63. The highest BCUT2D eigenvalue weighted by Gasteiger charge is 2.41. The maximum atomic E-state index is 9.64. The SMILES string of the molecule is CCC1OC(OC)C(C)C(O)C1O. The predicted molar refractivity (Wildman–Crippen MR) is 47.1 cm³/mol. The third-order valence-electron chi connectivity index (χ3n) is 2.64. The van der Waals surface area contributed by atoms with E-state index in [9.17, 15) is 10.2 Å². The van der Waals surface area contributed by atoms with Crippen LogP contribution in [-0.2, 0) is 9.47 Å². The number of aliphatic hydroxyl groups excluding tert-OH is 2. The van der Waals surface area contributed by atoms with Gasteiger partial charge in [0.25, 0.3) is 0 Å². The van der Waals surface area contributed by atoms with E-state index >= 15 is 0 Å². The van der Waals surface area contributed by atoms with Gasteiger partial charge in [0.1, 0.15) is 6.10 Å². The molecule has 4 nitrogen and oxygen atoms in total. The number of aliphatic hydroxyl groups is 2. The van der Waals surface area contributed by atoms with Crippen LogP contribution in [0.25, 0.3) is 0 Å². The van der Waals surface area contributed by atoms with Crippen molar-refractivity contribution in [2.24, 2.45) is 5.92 Å². The Morgan fingerprint density at radius 1 is 1.31 bits per heavy atom. The number of ether oxygens (including phenoxy) is 2. The summed E-state index contributed by atoms with van der Waals surface area (Å²) in [5, 5.41) is 19.2. The molecule has 4 heteroatoms. The third-order valence-corrected chi connectivity index (χ3v) is 2.64. The molecular formula is C9H18O4. The second kappa shape index (κ2) is 4.37. The van der Waals surface area contributed by atoms with Crippen LogP contribution in [0.2, 0.25) is 0 Å². The fourth-order valence-corrected chi connectivity index (χ4v) is 1.68. The molecule has 0 aromatic carbocycles. The Labute approximate surface area is 78.5 Å². The molecule has 5 atom stereocenters. The number of hydrogen-bond donors (Lipinski definition) is 2. The molecule has 0 aliphatic carbocycles. The summed E-state index contributed by atoms with van der Waals surface area (Å²) in [5.74, 6) is -0.192. The molecule has 0 spiro atoms. The summed E-state index contributed by atoms with van der Waals surface area (Å²) >= 11 is 0. The van der Waals surface area contributed by atoms with E-state index in [1.165, 1.54) is 7.11 Å². The molecule has 78 valence electrons. The summed E-state index contributed by atoms with van der Waals surface area (Å²) in [5.41, 5.74) is 0. The molecule has 5 unspecified atom stereocenters. The van der Waals surface area contributed by atoms with E-state index in [4.69, 9.17) is 9.47 Å². The summed E-state index contributed by atoms with van der Waals surface area (Å²) < 4.78 is 10.5. The van der Waals surface area contributed by atoms with Gasteiger partial charge in [-0.25, -0.2) is 0 Å². The Morgan fingerprint density at radius 2 is 1.92 bits per heavy atom. The summed E-state index contributed by atoms with van der Waals surface area (Å²) in [7, 11) is 1.54. The number of rotatable bonds is 2. The molecule has 0 radical (unpaired) electrons. The molecule has 1 aliphatic rings. The van der Waals surface area contributed by atoms with Crippen LogP contribution in [0.4, 0.5) is 0 Å². The molecule has 0 saturated carbocycles. The molecule has 1 heterocycles. The average molecular weight is 190 g/mol. The lowest BCUT2D eigenvalue weighted by molar-refractivity contribution is -0.269. The molecular weight excluding hydrogens is 172 g/mol. The molecule has 2 N–H and O–H groups in total. The zero-order valence-corrected chi connectivity index (χ0v) is 8.30. The maximum Gasteiger partial charge on any atom is 0.162 e. The fourth-order valence-electron chi connectivity index (χ4n) is 1.68. The van der Waals surface area contributed by atoms with Crippen molar-refractivity contribution in [3.8, 4) is 0 Å². The molecule has 0 aromatic rings. The van der Waals surface area contributed by atoms with E-state index in [1.54, 1.807) is 6.92 Å². The monoisotopic (exact) mass is 190 g/mol. The summed E-state index contributed by atoms with van der Waals surface area (Å²) in [6.45, 7) is 3.71. The first-order valence-corrected chi connectivity index (χ1v) is 4.66.